The molecule has 0 spiro atoms. The molecule has 0 unspecified atom stereocenters. The number of ether oxygens (including phenoxy) is 1. The summed E-state index contributed by atoms with van der Waals surface area (Å²) in [5.74, 6) is 1.68. The first-order valence-electron chi connectivity index (χ1n) is 10.8. The van der Waals surface area contributed by atoms with E-state index in [1.807, 2.05) is 41.3 Å². The van der Waals surface area contributed by atoms with Crippen LogP contribution in [-0.2, 0) is 17.9 Å². The second-order valence-electron chi connectivity index (χ2n) is 7.70. The van der Waals surface area contributed by atoms with Gasteiger partial charge in [0.2, 0.25) is 5.91 Å². The zero-order valence-corrected chi connectivity index (χ0v) is 19.6. The van der Waals surface area contributed by atoms with Crippen LogP contribution < -0.4 is 20.3 Å². The summed E-state index contributed by atoms with van der Waals surface area (Å²) in [5, 5.41) is 5.42. The number of urea groups is 1. The molecule has 0 fully saturated rings. The van der Waals surface area contributed by atoms with Gasteiger partial charge in [-0.2, -0.15) is 0 Å². The molecule has 0 aliphatic carbocycles. The molecule has 170 valence electrons. The van der Waals surface area contributed by atoms with Gasteiger partial charge in [0, 0.05) is 30.7 Å². The van der Waals surface area contributed by atoms with Crippen molar-refractivity contribution in [1.82, 2.24) is 10.6 Å². The molecule has 0 radical (unpaired) electrons. The molecule has 3 aromatic rings. The molecular formula is C26H27N3O3S. The number of methoxy groups -OCH3 is 1. The van der Waals surface area contributed by atoms with Gasteiger partial charge in [-0.3, -0.25) is 4.79 Å². The Hall–Kier alpha value is -3.45. The van der Waals surface area contributed by atoms with E-state index >= 15 is 0 Å². The molecule has 7 heteroatoms. The van der Waals surface area contributed by atoms with Crippen molar-refractivity contribution in [3.63, 3.8) is 0 Å². The van der Waals surface area contributed by atoms with Crippen molar-refractivity contribution in [1.29, 1.82) is 0 Å². The molecule has 1 aliphatic rings. The maximum atomic E-state index is 12.9. The highest BCUT2D eigenvalue weighted by Crippen LogP contribution is 2.37. The molecule has 33 heavy (non-hydrogen) atoms. The predicted molar refractivity (Wildman–Crippen MR) is 133 cm³/mol. The third kappa shape index (κ3) is 5.31. The average Bonchev–Trinajstić information content (AvgIpc) is 3.01. The van der Waals surface area contributed by atoms with E-state index in [1.54, 1.807) is 25.9 Å². The lowest BCUT2D eigenvalue weighted by molar-refractivity contribution is -0.118. The molecule has 0 bridgehead atoms. The Morgan fingerprint density at radius 1 is 1.09 bits per heavy atom. The summed E-state index contributed by atoms with van der Waals surface area (Å²) in [6, 6.07) is 21.9. The monoisotopic (exact) mass is 461 g/mol. The van der Waals surface area contributed by atoms with Gasteiger partial charge in [-0.05, 0) is 40.5 Å². The van der Waals surface area contributed by atoms with Crippen molar-refractivity contribution in [2.24, 2.45) is 0 Å². The van der Waals surface area contributed by atoms with Crippen LogP contribution in [0, 0.1) is 0 Å². The lowest BCUT2D eigenvalue weighted by atomic mass is 9.98. The second-order valence-corrected chi connectivity index (χ2v) is 8.84. The van der Waals surface area contributed by atoms with Gasteiger partial charge in [-0.25, -0.2) is 4.79 Å². The van der Waals surface area contributed by atoms with E-state index in [2.05, 4.69) is 41.0 Å². The van der Waals surface area contributed by atoms with Crippen molar-refractivity contribution in [2.45, 2.75) is 24.4 Å². The van der Waals surface area contributed by atoms with Gasteiger partial charge in [0.1, 0.15) is 5.75 Å². The number of hydrogen-bond donors (Lipinski definition) is 2. The molecule has 3 aromatic carbocycles. The third-order valence-corrected chi connectivity index (χ3v) is 6.67. The smallest absolute Gasteiger partial charge is 0.314 e. The number of nitrogens with zero attached hydrogens (tertiary/aromatic N) is 1. The number of amides is 3. The maximum absolute atomic E-state index is 12.9. The van der Waals surface area contributed by atoms with E-state index in [1.165, 1.54) is 0 Å². The molecular weight excluding hydrogens is 434 g/mol. The fraction of sp³-hybridized carbons (Fsp3) is 0.231. The van der Waals surface area contributed by atoms with E-state index in [4.69, 9.17) is 4.74 Å². The fourth-order valence-corrected chi connectivity index (χ4v) is 4.87. The van der Waals surface area contributed by atoms with Gasteiger partial charge in [-0.15, -0.1) is 11.8 Å². The van der Waals surface area contributed by atoms with Crippen LogP contribution in [0.3, 0.4) is 0 Å². The maximum Gasteiger partial charge on any atom is 0.314 e. The van der Waals surface area contributed by atoms with Crippen molar-refractivity contribution in [2.75, 3.05) is 24.8 Å². The molecule has 0 aromatic heterocycles. The zero-order chi connectivity index (χ0) is 23.2. The third-order valence-electron chi connectivity index (χ3n) is 5.62. The number of rotatable bonds is 6. The van der Waals surface area contributed by atoms with E-state index in [-0.39, 0.29) is 11.9 Å². The molecule has 1 heterocycles. The molecule has 0 saturated carbocycles. The van der Waals surface area contributed by atoms with Crippen LogP contribution in [-0.4, -0.2) is 31.8 Å². The molecule has 6 nitrogen and oxygen atoms in total. The Kier molecular flexibility index (Phi) is 7.19. The summed E-state index contributed by atoms with van der Waals surface area (Å²) in [4.78, 5) is 27.4. The first-order chi connectivity index (χ1) is 16.1. The van der Waals surface area contributed by atoms with Gasteiger partial charge in [0.15, 0.2) is 0 Å². The van der Waals surface area contributed by atoms with Crippen molar-refractivity contribution >= 4 is 29.4 Å². The number of carbonyl (C=O) groups is 2. The number of nitrogens with one attached hydrogen (secondary N) is 2. The SMILES string of the molecule is CNC(=O)NCc1ccccc1-c1ccc(CN2C(=O)CCSc3cc(OC)ccc32)cc1. The minimum absolute atomic E-state index is 0.126. The molecule has 0 saturated heterocycles. The van der Waals surface area contributed by atoms with Gasteiger partial charge in [0.05, 0.1) is 19.3 Å². The highest BCUT2D eigenvalue weighted by atomic mass is 32.2. The second kappa shape index (κ2) is 10.4. The summed E-state index contributed by atoms with van der Waals surface area (Å²) < 4.78 is 5.36. The Morgan fingerprint density at radius 2 is 1.88 bits per heavy atom. The molecule has 2 N–H and O–H groups in total. The van der Waals surface area contributed by atoms with E-state index in [9.17, 15) is 9.59 Å². The molecule has 4 rings (SSSR count). The lowest BCUT2D eigenvalue weighted by Gasteiger charge is -2.23. The van der Waals surface area contributed by atoms with E-state index in [0.717, 1.165) is 44.3 Å². The van der Waals surface area contributed by atoms with Crippen LogP contribution in [0.4, 0.5) is 10.5 Å². The summed E-state index contributed by atoms with van der Waals surface area (Å²) in [6.45, 7) is 0.955. The topological polar surface area (TPSA) is 70.7 Å². The Morgan fingerprint density at radius 3 is 2.64 bits per heavy atom. The molecule has 0 atom stereocenters. The number of carbonyl (C=O) groups excluding carboxylic acids is 2. The number of hydrogen-bond acceptors (Lipinski definition) is 4. The van der Waals surface area contributed by atoms with Crippen molar-refractivity contribution in [3.8, 4) is 16.9 Å². The number of benzene rings is 3. The highest BCUT2D eigenvalue weighted by molar-refractivity contribution is 7.99. The Bertz CT molecular complexity index is 1150. The van der Waals surface area contributed by atoms with Crippen molar-refractivity contribution < 1.29 is 14.3 Å². The zero-order valence-electron chi connectivity index (χ0n) is 18.8. The summed E-state index contributed by atoms with van der Waals surface area (Å²) in [7, 11) is 3.25. The van der Waals surface area contributed by atoms with Crippen LogP contribution in [0.25, 0.3) is 11.1 Å². The predicted octanol–water partition coefficient (Wildman–Crippen LogP) is 4.82. The number of anilines is 1. The normalized spacial score (nSPS) is 13.2. The number of thioether (sulfide) groups is 1. The Labute approximate surface area is 198 Å². The summed E-state index contributed by atoms with van der Waals surface area (Å²) >= 11 is 1.69. The molecule has 1 aliphatic heterocycles. The van der Waals surface area contributed by atoms with Crippen LogP contribution in [0.5, 0.6) is 5.75 Å². The Balaban J connectivity index is 1.55. The van der Waals surface area contributed by atoms with E-state index < -0.39 is 0 Å². The summed E-state index contributed by atoms with van der Waals surface area (Å²) in [5.41, 5.74) is 5.16. The van der Waals surface area contributed by atoms with Gasteiger partial charge in [0.25, 0.3) is 0 Å². The van der Waals surface area contributed by atoms with Crippen LogP contribution in [0.15, 0.2) is 71.6 Å². The lowest BCUT2D eigenvalue weighted by Crippen LogP contribution is -2.32. The van der Waals surface area contributed by atoms with Crippen LogP contribution in [0.1, 0.15) is 17.5 Å². The minimum Gasteiger partial charge on any atom is -0.497 e. The highest BCUT2D eigenvalue weighted by Gasteiger charge is 2.23. The largest absolute Gasteiger partial charge is 0.497 e. The van der Waals surface area contributed by atoms with Crippen LogP contribution in [0.2, 0.25) is 0 Å². The van der Waals surface area contributed by atoms with Crippen LogP contribution >= 0.6 is 11.8 Å². The van der Waals surface area contributed by atoms with E-state index in [0.29, 0.717) is 19.5 Å². The first kappa shape index (κ1) is 22.7. The average molecular weight is 462 g/mol. The summed E-state index contributed by atoms with van der Waals surface area (Å²) in [6.07, 6.45) is 0.505. The van der Waals surface area contributed by atoms with Crippen molar-refractivity contribution in [3.05, 3.63) is 77.9 Å². The minimum atomic E-state index is -0.210. The number of fused-ring (bicyclic) bond motifs is 1. The van der Waals surface area contributed by atoms with Gasteiger partial charge < -0.3 is 20.3 Å². The fourth-order valence-electron chi connectivity index (χ4n) is 3.84. The van der Waals surface area contributed by atoms with Gasteiger partial charge in [-0.1, -0.05) is 48.5 Å². The standard InChI is InChI=1S/C26H27N3O3S/c1-27-26(31)28-16-20-5-3-4-6-22(20)19-9-7-18(8-10-19)17-29-23-12-11-21(32-2)15-24(23)33-14-13-25(29)30/h3-12,15H,13-14,16-17H2,1-2H3,(H2,27,28,31). The van der Waals surface area contributed by atoms with Gasteiger partial charge >= 0.3 is 6.03 Å². The quantitative estimate of drug-likeness (QED) is 0.552. The molecule has 3 amide bonds. The first-order valence-corrected chi connectivity index (χ1v) is 11.8.